The molecule has 0 saturated heterocycles. The van der Waals surface area contributed by atoms with E-state index in [9.17, 15) is 0 Å². The molecular formula is C17H27NO5. The van der Waals surface area contributed by atoms with Crippen molar-refractivity contribution in [2.24, 2.45) is 0 Å². The average Bonchev–Trinajstić information content (AvgIpc) is 2.50. The van der Waals surface area contributed by atoms with Gasteiger partial charge >= 0.3 is 11.9 Å². The molecule has 0 bridgehead atoms. The standard InChI is InChI=1S/C15H25NO.C2H2O4/c1-5-14(4)16-9-6-10-17-15-11-12(2)7-8-13(15)3;3-1(4)2(5)6/h7-8,11,14,16H,5-6,9-10H2,1-4H3;(H,3,4)(H,5,6). The van der Waals surface area contributed by atoms with E-state index in [-0.39, 0.29) is 0 Å². The van der Waals surface area contributed by atoms with E-state index in [1.54, 1.807) is 0 Å². The lowest BCUT2D eigenvalue weighted by atomic mass is 10.1. The first-order valence-electron chi connectivity index (χ1n) is 7.67. The Morgan fingerprint density at radius 1 is 1.22 bits per heavy atom. The van der Waals surface area contributed by atoms with Crippen LogP contribution < -0.4 is 10.1 Å². The van der Waals surface area contributed by atoms with E-state index in [1.165, 1.54) is 17.5 Å². The molecule has 0 spiro atoms. The molecule has 0 radical (unpaired) electrons. The minimum Gasteiger partial charge on any atom is -0.493 e. The smallest absolute Gasteiger partial charge is 0.414 e. The topological polar surface area (TPSA) is 95.9 Å². The summed E-state index contributed by atoms with van der Waals surface area (Å²) in [5, 5.41) is 18.2. The maximum atomic E-state index is 9.10. The molecule has 0 fully saturated rings. The van der Waals surface area contributed by atoms with Crippen molar-refractivity contribution in [2.75, 3.05) is 13.2 Å². The molecule has 0 amide bonds. The molecular weight excluding hydrogens is 298 g/mol. The molecule has 3 N–H and O–H groups in total. The Hall–Kier alpha value is -2.08. The van der Waals surface area contributed by atoms with Gasteiger partial charge in [-0.2, -0.15) is 0 Å². The quantitative estimate of drug-likeness (QED) is 0.527. The van der Waals surface area contributed by atoms with Crippen molar-refractivity contribution >= 4 is 11.9 Å². The van der Waals surface area contributed by atoms with Gasteiger partial charge < -0.3 is 20.3 Å². The Bertz CT molecular complexity index is 490. The van der Waals surface area contributed by atoms with E-state index in [1.807, 2.05) is 0 Å². The number of hydrogen-bond acceptors (Lipinski definition) is 4. The molecule has 1 atom stereocenters. The molecule has 1 aromatic carbocycles. The molecule has 1 aromatic rings. The first-order valence-corrected chi connectivity index (χ1v) is 7.67. The minimum absolute atomic E-state index is 0.607. The molecule has 1 rings (SSSR count). The Kier molecular flexibility index (Phi) is 10.4. The summed E-state index contributed by atoms with van der Waals surface area (Å²) in [7, 11) is 0. The van der Waals surface area contributed by atoms with Crippen LogP contribution in [0.15, 0.2) is 18.2 Å². The molecule has 130 valence electrons. The number of rotatable bonds is 7. The van der Waals surface area contributed by atoms with Crippen molar-refractivity contribution in [1.82, 2.24) is 5.32 Å². The number of hydrogen-bond donors (Lipinski definition) is 3. The number of aliphatic carboxylic acids is 2. The highest BCUT2D eigenvalue weighted by Crippen LogP contribution is 2.18. The molecule has 6 nitrogen and oxygen atoms in total. The molecule has 0 saturated carbocycles. The molecule has 23 heavy (non-hydrogen) atoms. The van der Waals surface area contributed by atoms with Gasteiger partial charge in [0.25, 0.3) is 0 Å². The van der Waals surface area contributed by atoms with Crippen molar-refractivity contribution in [1.29, 1.82) is 0 Å². The Morgan fingerprint density at radius 2 is 1.83 bits per heavy atom. The predicted octanol–water partition coefficient (Wildman–Crippen LogP) is 2.62. The highest BCUT2D eigenvalue weighted by molar-refractivity contribution is 6.27. The summed E-state index contributed by atoms with van der Waals surface area (Å²) < 4.78 is 5.79. The van der Waals surface area contributed by atoms with Crippen molar-refractivity contribution in [3.8, 4) is 5.75 Å². The molecule has 0 aliphatic carbocycles. The van der Waals surface area contributed by atoms with Gasteiger partial charge in [-0.25, -0.2) is 9.59 Å². The van der Waals surface area contributed by atoms with Crippen molar-refractivity contribution in [3.05, 3.63) is 29.3 Å². The van der Waals surface area contributed by atoms with Gasteiger partial charge in [-0.05, 0) is 57.4 Å². The summed E-state index contributed by atoms with van der Waals surface area (Å²) in [6.07, 6.45) is 2.23. The van der Waals surface area contributed by atoms with Crippen LogP contribution in [0.3, 0.4) is 0 Å². The number of carboxylic acid groups (broad SMARTS) is 2. The molecule has 1 unspecified atom stereocenters. The van der Waals surface area contributed by atoms with Gasteiger partial charge in [-0.1, -0.05) is 19.1 Å². The van der Waals surface area contributed by atoms with E-state index >= 15 is 0 Å². The lowest BCUT2D eigenvalue weighted by molar-refractivity contribution is -0.159. The number of aryl methyl sites for hydroxylation is 2. The van der Waals surface area contributed by atoms with Crippen molar-refractivity contribution in [2.45, 2.75) is 46.6 Å². The van der Waals surface area contributed by atoms with Crippen LogP contribution in [0.25, 0.3) is 0 Å². The van der Waals surface area contributed by atoms with Crippen LogP contribution in [0, 0.1) is 13.8 Å². The second-order valence-corrected chi connectivity index (χ2v) is 5.34. The van der Waals surface area contributed by atoms with Gasteiger partial charge in [0.2, 0.25) is 0 Å². The van der Waals surface area contributed by atoms with E-state index in [4.69, 9.17) is 24.5 Å². The van der Waals surface area contributed by atoms with Crippen LogP contribution in [-0.4, -0.2) is 41.3 Å². The summed E-state index contributed by atoms with van der Waals surface area (Å²) in [5.41, 5.74) is 2.47. The second kappa shape index (κ2) is 11.5. The van der Waals surface area contributed by atoms with Gasteiger partial charge in [-0.3, -0.25) is 0 Å². The van der Waals surface area contributed by atoms with Crippen LogP contribution in [-0.2, 0) is 9.59 Å². The molecule has 6 heteroatoms. The lowest BCUT2D eigenvalue weighted by Crippen LogP contribution is -2.27. The molecule has 0 aliphatic rings. The van der Waals surface area contributed by atoms with Crippen molar-refractivity contribution in [3.63, 3.8) is 0 Å². The van der Waals surface area contributed by atoms with Crippen molar-refractivity contribution < 1.29 is 24.5 Å². The zero-order valence-corrected chi connectivity index (χ0v) is 14.3. The summed E-state index contributed by atoms with van der Waals surface area (Å²) in [5.74, 6) is -2.63. The number of carbonyl (C=O) groups is 2. The fourth-order valence-electron chi connectivity index (χ4n) is 1.61. The van der Waals surface area contributed by atoms with E-state index in [0.29, 0.717) is 6.04 Å². The Balaban J connectivity index is 0.000000688. The average molecular weight is 325 g/mol. The Morgan fingerprint density at radius 3 is 2.35 bits per heavy atom. The first-order chi connectivity index (χ1) is 10.8. The highest BCUT2D eigenvalue weighted by Gasteiger charge is 2.04. The van der Waals surface area contributed by atoms with Crippen LogP contribution in [0.1, 0.15) is 37.8 Å². The summed E-state index contributed by atoms with van der Waals surface area (Å²) >= 11 is 0. The van der Waals surface area contributed by atoms with Gasteiger partial charge in [0.05, 0.1) is 6.61 Å². The highest BCUT2D eigenvalue weighted by atomic mass is 16.5. The van der Waals surface area contributed by atoms with Crippen LogP contribution >= 0.6 is 0 Å². The number of ether oxygens (including phenoxy) is 1. The summed E-state index contributed by atoms with van der Waals surface area (Å²) in [6, 6.07) is 6.95. The SMILES string of the molecule is CCC(C)NCCCOc1cc(C)ccc1C.O=C(O)C(=O)O. The summed E-state index contributed by atoms with van der Waals surface area (Å²) in [4.78, 5) is 18.2. The Labute approximate surface area is 137 Å². The second-order valence-electron chi connectivity index (χ2n) is 5.34. The summed E-state index contributed by atoms with van der Waals surface area (Å²) in [6.45, 7) is 10.4. The monoisotopic (exact) mass is 325 g/mol. The van der Waals surface area contributed by atoms with Gasteiger partial charge in [-0.15, -0.1) is 0 Å². The number of benzene rings is 1. The zero-order valence-electron chi connectivity index (χ0n) is 14.3. The maximum Gasteiger partial charge on any atom is 0.414 e. The minimum atomic E-state index is -1.82. The fourth-order valence-corrected chi connectivity index (χ4v) is 1.61. The van der Waals surface area contributed by atoms with Gasteiger partial charge in [0.1, 0.15) is 5.75 Å². The third-order valence-electron chi connectivity index (χ3n) is 3.21. The van der Waals surface area contributed by atoms with E-state index in [2.05, 4.69) is 51.2 Å². The fraction of sp³-hybridized carbons (Fsp3) is 0.529. The normalized spacial score (nSPS) is 11.1. The molecule has 0 aromatic heterocycles. The largest absolute Gasteiger partial charge is 0.493 e. The molecule has 0 heterocycles. The van der Waals surface area contributed by atoms with Crippen LogP contribution in [0.2, 0.25) is 0 Å². The van der Waals surface area contributed by atoms with Gasteiger partial charge in [0, 0.05) is 6.04 Å². The lowest BCUT2D eigenvalue weighted by Gasteiger charge is -2.12. The van der Waals surface area contributed by atoms with E-state index in [0.717, 1.165) is 25.3 Å². The third-order valence-corrected chi connectivity index (χ3v) is 3.21. The molecule has 0 aliphatic heterocycles. The van der Waals surface area contributed by atoms with Crippen LogP contribution in [0.4, 0.5) is 0 Å². The van der Waals surface area contributed by atoms with Crippen LogP contribution in [0.5, 0.6) is 5.75 Å². The predicted molar refractivity (Wildman–Crippen MR) is 89.1 cm³/mol. The first kappa shape index (κ1) is 20.9. The van der Waals surface area contributed by atoms with E-state index < -0.39 is 11.9 Å². The number of carboxylic acids is 2. The van der Waals surface area contributed by atoms with Gasteiger partial charge in [0.15, 0.2) is 0 Å². The maximum absolute atomic E-state index is 9.10. The number of nitrogens with one attached hydrogen (secondary N) is 1. The third kappa shape index (κ3) is 10.3. The zero-order chi connectivity index (χ0) is 17.8.